The number of aryl methyl sites for hydroxylation is 2. The van der Waals surface area contributed by atoms with Crippen LogP contribution in [0.2, 0.25) is 5.02 Å². The van der Waals surface area contributed by atoms with Gasteiger partial charge in [-0.25, -0.2) is 0 Å². The number of nitrogens with two attached hydrogens (primary N) is 1. The number of halogens is 1. The lowest BCUT2D eigenvalue weighted by atomic mass is 10.0. The molecule has 2 N–H and O–H groups in total. The zero-order valence-corrected chi connectivity index (χ0v) is 12.7. The molecule has 0 aliphatic rings. The maximum atomic E-state index is 6.02. The Morgan fingerprint density at radius 1 is 1.10 bits per heavy atom. The first-order chi connectivity index (χ1) is 9.61. The van der Waals surface area contributed by atoms with Crippen LogP contribution in [0.5, 0.6) is 5.75 Å². The van der Waals surface area contributed by atoms with Gasteiger partial charge in [0.15, 0.2) is 0 Å². The van der Waals surface area contributed by atoms with Crippen molar-refractivity contribution < 1.29 is 4.74 Å². The van der Waals surface area contributed by atoms with Crippen molar-refractivity contribution in [1.29, 1.82) is 0 Å². The molecule has 0 atom stereocenters. The Morgan fingerprint density at radius 3 is 2.45 bits per heavy atom. The predicted octanol–water partition coefficient (Wildman–Crippen LogP) is 4.04. The highest BCUT2D eigenvalue weighted by atomic mass is 35.5. The Bertz CT molecular complexity index is 575. The molecule has 0 saturated heterocycles. The van der Waals surface area contributed by atoms with Crippen molar-refractivity contribution in [3.8, 4) is 5.75 Å². The number of rotatable bonds is 5. The molecule has 0 aliphatic carbocycles. The topological polar surface area (TPSA) is 35.2 Å². The third kappa shape index (κ3) is 3.53. The second-order valence-electron chi connectivity index (χ2n) is 4.95. The number of benzene rings is 2. The van der Waals surface area contributed by atoms with Gasteiger partial charge in [0.2, 0.25) is 0 Å². The van der Waals surface area contributed by atoms with Gasteiger partial charge in [-0.1, -0.05) is 29.8 Å². The lowest BCUT2D eigenvalue weighted by Gasteiger charge is -2.14. The molecule has 2 aromatic carbocycles. The molecule has 106 valence electrons. The Morgan fingerprint density at radius 2 is 1.80 bits per heavy atom. The Kier molecular flexibility index (Phi) is 5.05. The summed E-state index contributed by atoms with van der Waals surface area (Å²) >= 11 is 6.02. The second kappa shape index (κ2) is 6.78. The quantitative estimate of drug-likeness (QED) is 0.902. The van der Waals surface area contributed by atoms with E-state index in [0.717, 1.165) is 17.7 Å². The van der Waals surface area contributed by atoms with Gasteiger partial charge in [0.1, 0.15) is 12.4 Å². The number of hydrogen-bond donors (Lipinski definition) is 1. The van der Waals surface area contributed by atoms with Crippen LogP contribution in [-0.2, 0) is 13.0 Å². The minimum atomic E-state index is 0.567. The molecule has 0 saturated carbocycles. The molecule has 0 aromatic heterocycles. The standard InChI is InChI=1S/C17H20ClNO/c1-12-4-3-5-13(2)16(12)11-20-17-7-6-15(18)10-14(17)8-9-19/h3-7,10H,8-9,11,19H2,1-2H3. The fourth-order valence-electron chi connectivity index (χ4n) is 2.27. The molecule has 0 spiro atoms. The minimum absolute atomic E-state index is 0.567. The van der Waals surface area contributed by atoms with Gasteiger partial charge in [-0.15, -0.1) is 0 Å². The van der Waals surface area contributed by atoms with E-state index in [1.807, 2.05) is 18.2 Å². The Hall–Kier alpha value is -1.51. The molecule has 0 bridgehead atoms. The minimum Gasteiger partial charge on any atom is -0.489 e. The van der Waals surface area contributed by atoms with Crippen LogP contribution in [0, 0.1) is 13.8 Å². The van der Waals surface area contributed by atoms with Crippen LogP contribution in [0.3, 0.4) is 0 Å². The first kappa shape index (κ1) is 14.9. The van der Waals surface area contributed by atoms with Crippen molar-refractivity contribution in [3.63, 3.8) is 0 Å². The summed E-state index contributed by atoms with van der Waals surface area (Å²) in [6.45, 7) is 5.36. The van der Waals surface area contributed by atoms with Gasteiger partial charge >= 0.3 is 0 Å². The molecular formula is C17H20ClNO. The first-order valence-electron chi connectivity index (χ1n) is 6.78. The van der Waals surface area contributed by atoms with Gasteiger partial charge in [-0.05, 0) is 67.3 Å². The summed E-state index contributed by atoms with van der Waals surface area (Å²) in [6.07, 6.45) is 0.767. The average Bonchev–Trinajstić information content (AvgIpc) is 2.40. The van der Waals surface area contributed by atoms with E-state index in [2.05, 4.69) is 32.0 Å². The van der Waals surface area contributed by atoms with Gasteiger partial charge in [0.05, 0.1) is 0 Å². The van der Waals surface area contributed by atoms with E-state index in [1.54, 1.807) is 0 Å². The third-order valence-corrected chi connectivity index (χ3v) is 3.69. The zero-order chi connectivity index (χ0) is 14.5. The van der Waals surface area contributed by atoms with E-state index in [0.29, 0.717) is 18.2 Å². The Labute approximate surface area is 125 Å². The largest absolute Gasteiger partial charge is 0.489 e. The lowest BCUT2D eigenvalue weighted by molar-refractivity contribution is 0.301. The lowest BCUT2D eigenvalue weighted by Crippen LogP contribution is -2.06. The normalized spacial score (nSPS) is 10.6. The predicted molar refractivity (Wildman–Crippen MR) is 84.5 cm³/mol. The van der Waals surface area contributed by atoms with Crippen LogP contribution in [-0.4, -0.2) is 6.54 Å². The summed E-state index contributed by atoms with van der Waals surface area (Å²) in [5, 5.41) is 0.716. The number of ether oxygens (including phenoxy) is 1. The molecule has 0 fully saturated rings. The monoisotopic (exact) mass is 289 g/mol. The van der Waals surface area contributed by atoms with Crippen LogP contribution in [0.1, 0.15) is 22.3 Å². The zero-order valence-electron chi connectivity index (χ0n) is 11.9. The average molecular weight is 290 g/mol. The summed E-state index contributed by atoms with van der Waals surface area (Å²) in [5.74, 6) is 0.863. The van der Waals surface area contributed by atoms with E-state index < -0.39 is 0 Å². The van der Waals surface area contributed by atoms with E-state index in [-0.39, 0.29) is 0 Å². The van der Waals surface area contributed by atoms with E-state index in [4.69, 9.17) is 22.1 Å². The highest BCUT2D eigenvalue weighted by Gasteiger charge is 2.07. The van der Waals surface area contributed by atoms with Crippen LogP contribution < -0.4 is 10.5 Å². The third-order valence-electron chi connectivity index (χ3n) is 3.45. The van der Waals surface area contributed by atoms with Crippen molar-refractivity contribution in [2.45, 2.75) is 26.9 Å². The molecule has 0 unspecified atom stereocenters. The van der Waals surface area contributed by atoms with Gasteiger partial charge in [-0.2, -0.15) is 0 Å². The molecule has 3 heteroatoms. The maximum Gasteiger partial charge on any atom is 0.123 e. The Balaban J connectivity index is 2.18. The van der Waals surface area contributed by atoms with E-state index >= 15 is 0 Å². The molecule has 0 amide bonds. The van der Waals surface area contributed by atoms with Gasteiger partial charge in [-0.3, -0.25) is 0 Å². The molecule has 0 aliphatic heterocycles. The second-order valence-corrected chi connectivity index (χ2v) is 5.39. The summed E-state index contributed by atoms with van der Waals surface area (Å²) in [4.78, 5) is 0. The summed E-state index contributed by atoms with van der Waals surface area (Å²) < 4.78 is 5.98. The van der Waals surface area contributed by atoms with Gasteiger partial charge in [0.25, 0.3) is 0 Å². The van der Waals surface area contributed by atoms with E-state index in [9.17, 15) is 0 Å². The van der Waals surface area contributed by atoms with Crippen LogP contribution in [0.25, 0.3) is 0 Å². The SMILES string of the molecule is Cc1cccc(C)c1COc1ccc(Cl)cc1CCN. The fourth-order valence-corrected chi connectivity index (χ4v) is 2.46. The van der Waals surface area contributed by atoms with Crippen molar-refractivity contribution >= 4 is 11.6 Å². The fraction of sp³-hybridized carbons (Fsp3) is 0.294. The van der Waals surface area contributed by atoms with Crippen molar-refractivity contribution in [2.24, 2.45) is 5.73 Å². The van der Waals surface area contributed by atoms with Crippen molar-refractivity contribution in [1.82, 2.24) is 0 Å². The van der Waals surface area contributed by atoms with Crippen LogP contribution in [0.15, 0.2) is 36.4 Å². The molecule has 2 nitrogen and oxygen atoms in total. The highest BCUT2D eigenvalue weighted by molar-refractivity contribution is 6.30. The molecule has 2 aromatic rings. The summed E-state index contributed by atoms with van der Waals surface area (Å²) in [7, 11) is 0. The van der Waals surface area contributed by atoms with Crippen molar-refractivity contribution in [2.75, 3.05) is 6.54 Å². The molecule has 20 heavy (non-hydrogen) atoms. The summed E-state index contributed by atoms with van der Waals surface area (Å²) in [5.41, 5.74) is 10.4. The smallest absolute Gasteiger partial charge is 0.123 e. The molecule has 2 rings (SSSR count). The maximum absolute atomic E-state index is 6.02. The van der Waals surface area contributed by atoms with Crippen LogP contribution >= 0.6 is 11.6 Å². The number of hydrogen-bond acceptors (Lipinski definition) is 2. The van der Waals surface area contributed by atoms with Gasteiger partial charge in [0, 0.05) is 5.02 Å². The first-order valence-corrected chi connectivity index (χ1v) is 7.16. The molecular weight excluding hydrogens is 270 g/mol. The van der Waals surface area contributed by atoms with Crippen molar-refractivity contribution in [3.05, 3.63) is 63.7 Å². The van der Waals surface area contributed by atoms with Gasteiger partial charge < -0.3 is 10.5 Å². The van der Waals surface area contributed by atoms with Crippen LogP contribution in [0.4, 0.5) is 0 Å². The van der Waals surface area contributed by atoms with E-state index in [1.165, 1.54) is 16.7 Å². The molecule has 0 radical (unpaired) electrons. The summed E-state index contributed by atoms with van der Waals surface area (Å²) in [6, 6.07) is 12.0. The highest BCUT2D eigenvalue weighted by Crippen LogP contribution is 2.25. The molecule has 0 heterocycles.